The lowest BCUT2D eigenvalue weighted by Crippen LogP contribution is -2.15. The van der Waals surface area contributed by atoms with Crippen molar-refractivity contribution in [1.29, 1.82) is 0 Å². The second-order valence-corrected chi connectivity index (χ2v) is 4.50. The molecule has 0 saturated heterocycles. The number of ether oxygens (including phenoxy) is 1. The van der Waals surface area contributed by atoms with Crippen LogP contribution in [0, 0.1) is 0 Å². The summed E-state index contributed by atoms with van der Waals surface area (Å²) in [6, 6.07) is 3.41. The van der Waals surface area contributed by atoms with E-state index < -0.39 is 17.8 Å². The Morgan fingerprint density at radius 1 is 1.47 bits per heavy atom. The molecular weight excluding hydrogens is 279 g/mol. The van der Waals surface area contributed by atoms with Crippen LogP contribution >= 0.6 is 12.2 Å². The minimum absolute atomic E-state index is 0.00678. The van der Waals surface area contributed by atoms with Crippen LogP contribution in [0.1, 0.15) is 24.5 Å². The van der Waals surface area contributed by atoms with Crippen molar-refractivity contribution in [2.24, 2.45) is 5.73 Å². The molecule has 1 aromatic rings. The molecule has 1 atom stereocenters. The summed E-state index contributed by atoms with van der Waals surface area (Å²) in [5.41, 5.74) is 4.51. The van der Waals surface area contributed by atoms with Crippen molar-refractivity contribution in [3.05, 3.63) is 29.3 Å². The summed E-state index contributed by atoms with van der Waals surface area (Å²) in [7, 11) is 0. The van der Waals surface area contributed by atoms with Crippen molar-refractivity contribution >= 4 is 17.2 Å². The molecule has 0 aliphatic carbocycles. The quantitative estimate of drug-likeness (QED) is 0.819. The molecule has 0 aliphatic rings. The molecule has 0 fully saturated rings. The Balaban J connectivity index is 3.00. The summed E-state index contributed by atoms with van der Waals surface area (Å²) in [5.74, 6) is -0.298. The zero-order valence-corrected chi connectivity index (χ0v) is 11.0. The summed E-state index contributed by atoms with van der Waals surface area (Å²) in [6.45, 7) is 1.52. The number of aliphatic hydroxyl groups is 1. The minimum Gasteiger partial charge on any atom is -0.493 e. The van der Waals surface area contributed by atoms with E-state index in [1.54, 1.807) is 0 Å². The smallest absolute Gasteiger partial charge is 0.419 e. The molecule has 0 aromatic heterocycles. The normalized spacial score (nSPS) is 13.1. The molecule has 19 heavy (non-hydrogen) atoms. The Labute approximate surface area is 114 Å². The van der Waals surface area contributed by atoms with Crippen molar-refractivity contribution < 1.29 is 23.0 Å². The number of benzene rings is 1. The fourth-order valence-electron chi connectivity index (χ4n) is 1.37. The van der Waals surface area contributed by atoms with Crippen LogP contribution in [0.3, 0.4) is 0 Å². The molecule has 7 heteroatoms. The molecular formula is C12H14F3NO2S. The van der Waals surface area contributed by atoms with Gasteiger partial charge in [-0.25, -0.2) is 0 Å². The number of aliphatic hydroxyl groups excluding tert-OH is 1. The molecule has 1 rings (SSSR count). The number of nitrogens with two attached hydrogens (primary N) is 1. The maximum absolute atomic E-state index is 12.9. The molecule has 0 bridgehead atoms. The summed E-state index contributed by atoms with van der Waals surface area (Å²) in [5, 5.41) is 9.04. The molecule has 0 spiro atoms. The first-order chi connectivity index (χ1) is 8.71. The molecule has 3 nitrogen and oxygen atoms in total. The Kier molecular flexibility index (Phi) is 5.13. The van der Waals surface area contributed by atoms with Gasteiger partial charge in [-0.15, -0.1) is 0 Å². The van der Waals surface area contributed by atoms with Gasteiger partial charge in [-0.2, -0.15) is 13.2 Å². The van der Waals surface area contributed by atoms with Gasteiger partial charge in [-0.1, -0.05) is 12.2 Å². The lowest BCUT2D eigenvalue weighted by Gasteiger charge is -2.15. The van der Waals surface area contributed by atoms with Crippen molar-refractivity contribution in [1.82, 2.24) is 0 Å². The Bertz CT molecular complexity index is 461. The highest BCUT2D eigenvalue weighted by molar-refractivity contribution is 7.80. The Morgan fingerprint density at radius 2 is 2.11 bits per heavy atom. The number of thiocarbonyl (C=S) groups is 1. The van der Waals surface area contributed by atoms with Crippen LogP contribution in [0.2, 0.25) is 0 Å². The fourth-order valence-corrected chi connectivity index (χ4v) is 1.50. The third-order valence-corrected chi connectivity index (χ3v) is 2.60. The fraction of sp³-hybridized carbons (Fsp3) is 0.417. The molecule has 0 amide bonds. The minimum atomic E-state index is -4.55. The highest BCUT2D eigenvalue weighted by Crippen LogP contribution is 2.36. The van der Waals surface area contributed by atoms with E-state index in [9.17, 15) is 13.2 Å². The topological polar surface area (TPSA) is 55.5 Å². The van der Waals surface area contributed by atoms with E-state index in [2.05, 4.69) is 12.2 Å². The number of halogens is 3. The average Bonchev–Trinajstić information content (AvgIpc) is 2.27. The van der Waals surface area contributed by atoms with Gasteiger partial charge in [0, 0.05) is 12.0 Å². The zero-order valence-electron chi connectivity index (χ0n) is 10.2. The van der Waals surface area contributed by atoms with Gasteiger partial charge in [0.05, 0.1) is 18.3 Å². The third-order valence-electron chi connectivity index (χ3n) is 2.36. The molecule has 0 heterocycles. The van der Waals surface area contributed by atoms with Crippen LogP contribution in [0.25, 0.3) is 0 Å². The van der Waals surface area contributed by atoms with Gasteiger partial charge >= 0.3 is 6.18 Å². The van der Waals surface area contributed by atoms with Crippen LogP contribution < -0.4 is 10.5 Å². The second kappa shape index (κ2) is 6.21. The zero-order chi connectivity index (χ0) is 14.6. The van der Waals surface area contributed by atoms with Crippen LogP contribution in [0.5, 0.6) is 5.75 Å². The molecule has 1 unspecified atom stereocenters. The molecule has 0 aliphatic heterocycles. The monoisotopic (exact) mass is 293 g/mol. The van der Waals surface area contributed by atoms with E-state index in [4.69, 9.17) is 15.6 Å². The Hall–Kier alpha value is -1.34. The SMILES string of the molecule is CC(O)CCOc1ccc(C(N)=S)cc1C(F)(F)F. The van der Waals surface area contributed by atoms with E-state index >= 15 is 0 Å². The first-order valence-corrected chi connectivity index (χ1v) is 5.94. The highest BCUT2D eigenvalue weighted by Gasteiger charge is 2.34. The summed E-state index contributed by atoms with van der Waals surface area (Å²) >= 11 is 4.65. The lowest BCUT2D eigenvalue weighted by molar-refractivity contribution is -0.139. The van der Waals surface area contributed by atoms with Crippen LogP contribution in [0.15, 0.2) is 18.2 Å². The van der Waals surface area contributed by atoms with Crippen LogP contribution in [-0.4, -0.2) is 22.8 Å². The summed E-state index contributed by atoms with van der Waals surface area (Å²) in [4.78, 5) is -0.110. The first kappa shape index (κ1) is 15.7. The van der Waals surface area contributed by atoms with E-state index in [0.29, 0.717) is 0 Å². The maximum atomic E-state index is 12.9. The van der Waals surface area contributed by atoms with Crippen molar-refractivity contribution in [2.45, 2.75) is 25.6 Å². The van der Waals surface area contributed by atoms with E-state index in [1.165, 1.54) is 19.1 Å². The predicted octanol–water partition coefficient (Wildman–Crippen LogP) is 2.49. The molecule has 1 aromatic carbocycles. The maximum Gasteiger partial charge on any atom is 0.419 e. The van der Waals surface area contributed by atoms with Gasteiger partial charge in [-0.05, 0) is 25.1 Å². The van der Waals surface area contributed by atoms with Gasteiger partial charge in [0.15, 0.2) is 0 Å². The van der Waals surface area contributed by atoms with Crippen molar-refractivity contribution in [3.63, 3.8) is 0 Å². The molecule has 0 saturated carbocycles. The molecule has 0 radical (unpaired) electrons. The van der Waals surface area contributed by atoms with E-state index in [-0.39, 0.29) is 29.3 Å². The van der Waals surface area contributed by atoms with Gasteiger partial charge in [0.1, 0.15) is 10.7 Å². The number of hydrogen-bond donors (Lipinski definition) is 2. The lowest BCUT2D eigenvalue weighted by atomic mass is 10.1. The van der Waals surface area contributed by atoms with Gasteiger partial charge in [0.2, 0.25) is 0 Å². The summed E-state index contributed by atoms with van der Waals surface area (Å²) < 4.78 is 43.6. The first-order valence-electron chi connectivity index (χ1n) is 5.53. The number of hydrogen-bond acceptors (Lipinski definition) is 3. The van der Waals surface area contributed by atoms with Crippen LogP contribution in [-0.2, 0) is 6.18 Å². The predicted molar refractivity (Wildman–Crippen MR) is 69.1 cm³/mol. The summed E-state index contributed by atoms with van der Waals surface area (Å²) in [6.07, 6.45) is -4.94. The Morgan fingerprint density at radius 3 is 2.58 bits per heavy atom. The van der Waals surface area contributed by atoms with Crippen molar-refractivity contribution in [2.75, 3.05) is 6.61 Å². The van der Waals surface area contributed by atoms with Crippen molar-refractivity contribution in [3.8, 4) is 5.75 Å². The molecule has 3 N–H and O–H groups in total. The van der Waals surface area contributed by atoms with Crippen LogP contribution in [0.4, 0.5) is 13.2 Å². The van der Waals surface area contributed by atoms with Gasteiger partial charge in [-0.3, -0.25) is 0 Å². The number of rotatable bonds is 5. The standard InChI is InChI=1S/C12H14F3NO2S/c1-7(17)4-5-18-10-3-2-8(11(16)19)6-9(10)12(13,14)15/h2-3,6-7,17H,4-5H2,1H3,(H2,16,19). The highest BCUT2D eigenvalue weighted by atomic mass is 32.1. The average molecular weight is 293 g/mol. The van der Waals surface area contributed by atoms with Gasteiger partial charge < -0.3 is 15.6 Å². The van der Waals surface area contributed by atoms with E-state index in [0.717, 1.165) is 6.07 Å². The van der Waals surface area contributed by atoms with Gasteiger partial charge in [0.25, 0.3) is 0 Å². The molecule has 106 valence electrons. The van der Waals surface area contributed by atoms with E-state index in [1.807, 2.05) is 0 Å². The number of alkyl halides is 3. The largest absolute Gasteiger partial charge is 0.493 e. The second-order valence-electron chi connectivity index (χ2n) is 4.06. The third kappa shape index (κ3) is 4.68.